The first kappa shape index (κ1) is 13.0. The minimum Gasteiger partial charge on any atom is -0.467 e. The maximum Gasteiger partial charge on any atom is 0.417 e. The van der Waals surface area contributed by atoms with Crippen molar-refractivity contribution in [2.24, 2.45) is 0 Å². The molecule has 2 aromatic rings. The minimum atomic E-state index is -4.55. The van der Waals surface area contributed by atoms with Crippen molar-refractivity contribution in [2.45, 2.75) is 6.18 Å². The van der Waals surface area contributed by atoms with E-state index in [9.17, 15) is 13.2 Å². The fourth-order valence-corrected chi connectivity index (χ4v) is 1.40. The number of anilines is 1. The Morgan fingerprint density at radius 2 is 1.95 bits per heavy atom. The molecule has 2 rings (SSSR count). The second-order valence-electron chi connectivity index (χ2n) is 3.42. The van der Waals surface area contributed by atoms with Crippen LogP contribution in [0.5, 0.6) is 6.01 Å². The summed E-state index contributed by atoms with van der Waals surface area (Å²) < 4.78 is 43.3. The van der Waals surface area contributed by atoms with Gasteiger partial charge in [-0.25, -0.2) is 0 Å². The molecule has 0 aliphatic heterocycles. The molecule has 0 bridgehead atoms. The number of ether oxygens (including phenoxy) is 1. The quantitative estimate of drug-likeness (QED) is 0.891. The normalized spacial score (nSPS) is 11.4. The summed E-state index contributed by atoms with van der Waals surface area (Å²) in [5.41, 5.74) is 4.19. The molecule has 0 spiro atoms. The predicted octanol–water partition coefficient (Wildman–Crippen LogP) is 1.54. The van der Waals surface area contributed by atoms with Crippen LogP contribution in [-0.2, 0) is 6.18 Å². The number of alkyl halides is 3. The molecule has 9 heteroatoms. The van der Waals surface area contributed by atoms with E-state index in [4.69, 9.17) is 10.5 Å². The van der Waals surface area contributed by atoms with Crippen molar-refractivity contribution in [1.29, 1.82) is 0 Å². The third-order valence-corrected chi connectivity index (χ3v) is 2.18. The number of methoxy groups -OCH3 is 1. The molecule has 0 radical (unpaired) electrons. The third-order valence-electron chi connectivity index (χ3n) is 2.18. The number of nitrogens with zero attached hydrogens (tertiary/aromatic N) is 4. The van der Waals surface area contributed by atoms with Gasteiger partial charge in [0.15, 0.2) is 5.82 Å². The zero-order valence-corrected chi connectivity index (χ0v) is 9.64. The van der Waals surface area contributed by atoms with E-state index < -0.39 is 11.7 Å². The standard InChI is InChI=1S/C10H8F3N5O/c1-19-9-17-7(16-8(14)18-9)5-4-15-3-2-6(5)10(11,12)13/h2-4H,1H3,(H2,14,16,17,18). The number of rotatable bonds is 2. The van der Waals surface area contributed by atoms with Gasteiger partial charge >= 0.3 is 12.2 Å². The number of aromatic nitrogens is 4. The first-order valence-corrected chi connectivity index (χ1v) is 4.99. The lowest BCUT2D eigenvalue weighted by Crippen LogP contribution is -2.10. The number of nitrogen functional groups attached to an aromatic ring is 1. The van der Waals surface area contributed by atoms with Gasteiger partial charge in [-0.15, -0.1) is 0 Å². The van der Waals surface area contributed by atoms with Crippen LogP contribution in [0.25, 0.3) is 11.4 Å². The Hall–Kier alpha value is -2.45. The van der Waals surface area contributed by atoms with Gasteiger partial charge in [-0.3, -0.25) is 4.98 Å². The second-order valence-corrected chi connectivity index (χ2v) is 3.42. The summed E-state index contributed by atoms with van der Waals surface area (Å²) in [6, 6.07) is 0.668. The van der Waals surface area contributed by atoms with Gasteiger partial charge in [0.1, 0.15) is 0 Å². The van der Waals surface area contributed by atoms with Crippen LogP contribution < -0.4 is 10.5 Å². The van der Waals surface area contributed by atoms with E-state index in [1.54, 1.807) is 0 Å². The van der Waals surface area contributed by atoms with Crippen molar-refractivity contribution in [3.63, 3.8) is 0 Å². The van der Waals surface area contributed by atoms with E-state index in [1.165, 1.54) is 7.11 Å². The molecule has 0 saturated heterocycles. The fraction of sp³-hybridized carbons (Fsp3) is 0.200. The summed E-state index contributed by atoms with van der Waals surface area (Å²) in [4.78, 5) is 14.6. The monoisotopic (exact) mass is 271 g/mol. The molecular weight excluding hydrogens is 263 g/mol. The molecule has 6 nitrogen and oxygen atoms in total. The van der Waals surface area contributed by atoms with Crippen molar-refractivity contribution < 1.29 is 17.9 Å². The average molecular weight is 271 g/mol. The zero-order valence-electron chi connectivity index (χ0n) is 9.64. The summed E-state index contributed by atoms with van der Waals surface area (Å²) in [6.45, 7) is 0. The van der Waals surface area contributed by atoms with E-state index in [0.717, 1.165) is 18.5 Å². The van der Waals surface area contributed by atoms with Crippen LogP contribution in [0.4, 0.5) is 19.1 Å². The molecule has 100 valence electrons. The Labute approximate surface area is 105 Å². The van der Waals surface area contributed by atoms with Gasteiger partial charge in [-0.05, 0) is 6.07 Å². The van der Waals surface area contributed by atoms with Crippen LogP contribution in [0, 0.1) is 0 Å². The van der Waals surface area contributed by atoms with Gasteiger partial charge in [0.25, 0.3) is 0 Å². The Bertz CT molecular complexity index is 602. The lowest BCUT2D eigenvalue weighted by Gasteiger charge is -2.11. The maximum absolute atomic E-state index is 12.9. The average Bonchev–Trinajstić information content (AvgIpc) is 2.37. The maximum atomic E-state index is 12.9. The summed E-state index contributed by atoms with van der Waals surface area (Å²) in [6.07, 6.45) is -2.50. The van der Waals surface area contributed by atoms with Crippen LogP contribution in [-0.4, -0.2) is 27.0 Å². The molecule has 0 fully saturated rings. The molecular formula is C10H8F3N5O. The lowest BCUT2D eigenvalue weighted by molar-refractivity contribution is -0.137. The van der Waals surface area contributed by atoms with Gasteiger partial charge in [0, 0.05) is 12.4 Å². The Morgan fingerprint density at radius 3 is 2.58 bits per heavy atom. The highest BCUT2D eigenvalue weighted by Crippen LogP contribution is 2.35. The third kappa shape index (κ3) is 2.69. The molecule has 0 aliphatic rings. The van der Waals surface area contributed by atoms with Gasteiger partial charge in [0.2, 0.25) is 5.95 Å². The Kier molecular flexibility index (Phi) is 3.19. The molecule has 0 amide bonds. The van der Waals surface area contributed by atoms with E-state index in [2.05, 4.69) is 19.9 Å². The number of hydrogen-bond acceptors (Lipinski definition) is 6. The highest BCUT2D eigenvalue weighted by molar-refractivity contribution is 5.60. The largest absolute Gasteiger partial charge is 0.467 e. The van der Waals surface area contributed by atoms with Crippen LogP contribution in [0.3, 0.4) is 0 Å². The van der Waals surface area contributed by atoms with Crippen LogP contribution >= 0.6 is 0 Å². The smallest absolute Gasteiger partial charge is 0.417 e. The van der Waals surface area contributed by atoms with Crippen molar-refractivity contribution in [3.8, 4) is 17.4 Å². The molecule has 0 aromatic carbocycles. The Morgan fingerprint density at radius 1 is 1.21 bits per heavy atom. The molecule has 0 saturated carbocycles. The van der Waals surface area contributed by atoms with E-state index in [0.29, 0.717) is 0 Å². The van der Waals surface area contributed by atoms with Crippen LogP contribution in [0.2, 0.25) is 0 Å². The van der Waals surface area contributed by atoms with E-state index in [-0.39, 0.29) is 23.3 Å². The van der Waals surface area contributed by atoms with E-state index in [1.807, 2.05) is 0 Å². The second kappa shape index (κ2) is 4.67. The first-order chi connectivity index (χ1) is 8.91. The topological polar surface area (TPSA) is 86.8 Å². The van der Waals surface area contributed by atoms with Crippen molar-refractivity contribution in [3.05, 3.63) is 24.0 Å². The molecule has 2 heterocycles. The molecule has 0 unspecified atom stereocenters. The summed E-state index contributed by atoms with van der Waals surface area (Å²) >= 11 is 0. The zero-order chi connectivity index (χ0) is 14.0. The molecule has 0 aliphatic carbocycles. The van der Waals surface area contributed by atoms with E-state index >= 15 is 0 Å². The summed E-state index contributed by atoms with van der Waals surface area (Å²) in [5.74, 6) is -0.483. The van der Waals surface area contributed by atoms with Crippen molar-refractivity contribution in [1.82, 2.24) is 19.9 Å². The van der Waals surface area contributed by atoms with Crippen LogP contribution in [0.1, 0.15) is 5.56 Å². The highest BCUT2D eigenvalue weighted by atomic mass is 19.4. The Balaban J connectivity index is 2.62. The number of nitrogens with two attached hydrogens (primary N) is 1. The number of hydrogen-bond donors (Lipinski definition) is 1. The minimum absolute atomic E-state index is 0.167. The number of pyridine rings is 1. The number of halogens is 3. The van der Waals surface area contributed by atoms with Crippen LogP contribution in [0.15, 0.2) is 18.5 Å². The summed E-state index contributed by atoms with van der Waals surface area (Å²) in [5, 5.41) is 0. The molecule has 2 aromatic heterocycles. The first-order valence-electron chi connectivity index (χ1n) is 4.99. The predicted molar refractivity (Wildman–Crippen MR) is 59.0 cm³/mol. The highest BCUT2D eigenvalue weighted by Gasteiger charge is 2.34. The molecule has 0 atom stereocenters. The van der Waals surface area contributed by atoms with Gasteiger partial charge < -0.3 is 10.5 Å². The molecule has 19 heavy (non-hydrogen) atoms. The van der Waals surface area contributed by atoms with Gasteiger partial charge in [0.05, 0.1) is 18.2 Å². The SMILES string of the molecule is COc1nc(N)nc(-c2cnccc2C(F)(F)F)n1. The molecule has 2 N–H and O–H groups in total. The summed E-state index contributed by atoms with van der Waals surface area (Å²) in [7, 11) is 1.27. The van der Waals surface area contributed by atoms with Crippen molar-refractivity contribution >= 4 is 5.95 Å². The van der Waals surface area contributed by atoms with Gasteiger partial charge in [-0.2, -0.15) is 28.1 Å². The van der Waals surface area contributed by atoms with Gasteiger partial charge in [-0.1, -0.05) is 0 Å². The van der Waals surface area contributed by atoms with Crippen molar-refractivity contribution in [2.75, 3.05) is 12.8 Å². The lowest BCUT2D eigenvalue weighted by atomic mass is 10.1. The fourth-order valence-electron chi connectivity index (χ4n) is 1.40.